The van der Waals surface area contributed by atoms with E-state index in [2.05, 4.69) is 50.8 Å². The largest absolute Gasteiger partial charge is 0.295 e. The van der Waals surface area contributed by atoms with Gasteiger partial charge in [-0.3, -0.25) is 4.79 Å². The molecule has 1 aliphatic carbocycles. The lowest BCUT2D eigenvalue weighted by atomic mass is 10.1. The number of rotatable bonds is 3. The van der Waals surface area contributed by atoms with E-state index in [0.717, 1.165) is 12.8 Å². The molecule has 2 rings (SSSR count). The molecule has 0 unspecified atom stereocenters. The molecule has 0 spiro atoms. The van der Waals surface area contributed by atoms with Crippen LogP contribution in [0.4, 0.5) is 0 Å². The van der Waals surface area contributed by atoms with E-state index in [1.807, 2.05) is 6.08 Å². The maximum Gasteiger partial charge on any atom is 0.156 e. The second kappa shape index (κ2) is 5.67. The third-order valence-corrected chi connectivity index (χ3v) is 7.62. The Bertz CT molecular complexity index is 496. The number of hydrogen-bond acceptors (Lipinski definition) is 2. The number of ketones is 1. The average Bonchev–Trinajstić information content (AvgIpc) is 2.30. The Morgan fingerprint density at radius 3 is 2.32 bits per heavy atom. The molecule has 0 N–H and O–H groups in total. The SMILES string of the molecule is Cc1ccc(SC2=CC(=O)C[C@H]([Si](C)(C)C)C2)cc1. The lowest BCUT2D eigenvalue weighted by Crippen LogP contribution is -2.31. The summed E-state index contributed by atoms with van der Waals surface area (Å²) in [4.78, 5) is 14.4. The number of aryl methyl sites for hydroxylation is 1. The number of carbonyl (C=O) groups excluding carboxylic acids is 1. The predicted molar refractivity (Wildman–Crippen MR) is 86.5 cm³/mol. The summed E-state index contributed by atoms with van der Waals surface area (Å²) in [5, 5.41) is 0. The molecule has 1 atom stereocenters. The van der Waals surface area contributed by atoms with Crippen molar-refractivity contribution in [3.8, 4) is 0 Å². The van der Waals surface area contributed by atoms with E-state index >= 15 is 0 Å². The van der Waals surface area contributed by atoms with Crippen LogP contribution in [0.3, 0.4) is 0 Å². The smallest absolute Gasteiger partial charge is 0.156 e. The standard InChI is InChI=1S/C16H22OSSi/c1-12-5-7-14(8-6-12)18-15-9-13(17)10-16(11-15)19(2,3)4/h5-9,16H,10-11H2,1-4H3/t16-/m0/s1. The predicted octanol–water partition coefficient (Wildman–Crippen LogP) is 5.04. The Balaban J connectivity index is 2.12. The first-order valence-corrected chi connectivity index (χ1v) is 11.2. The number of carbonyl (C=O) groups is 1. The molecule has 1 aromatic rings. The summed E-state index contributed by atoms with van der Waals surface area (Å²) in [6, 6.07) is 8.54. The van der Waals surface area contributed by atoms with Gasteiger partial charge in [-0.15, -0.1) is 0 Å². The average molecular weight is 291 g/mol. The van der Waals surface area contributed by atoms with Crippen LogP contribution in [-0.2, 0) is 4.79 Å². The van der Waals surface area contributed by atoms with Crippen LogP contribution >= 0.6 is 11.8 Å². The molecule has 1 aliphatic rings. The van der Waals surface area contributed by atoms with E-state index in [1.54, 1.807) is 11.8 Å². The normalized spacial score (nSPS) is 20.3. The molecule has 19 heavy (non-hydrogen) atoms. The van der Waals surface area contributed by atoms with Crippen LogP contribution in [0.2, 0.25) is 25.2 Å². The van der Waals surface area contributed by atoms with Crippen molar-refractivity contribution in [2.24, 2.45) is 0 Å². The fourth-order valence-corrected chi connectivity index (χ4v) is 5.14. The van der Waals surface area contributed by atoms with Crippen molar-refractivity contribution >= 4 is 25.6 Å². The zero-order chi connectivity index (χ0) is 14.0. The van der Waals surface area contributed by atoms with Crippen LogP contribution in [0.15, 0.2) is 40.1 Å². The minimum atomic E-state index is -1.24. The van der Waals surface area contributed by atoms with Gasteiger partial charge in [-0.1, -0.05) is 49.1 Å². The molecular formula is C16H22OSSi. The zero-order valence-corrected chi connectivity index (χ0v) is 14.0. The summed E-state index contributed by atoms with van der Waals surface area (Å²) in [5.41, 5.74) is 1.87. The van der Waals surface area contributed by atoms with Gasteiger partial charge in [0.05, 0.1) is 0 Å². The monoisotopic (exact) mass is 290 g/mol. The van der Waals surface area contributed by atoms with Gasteiger partial charge in [0, 0.05) is 19.4 Å². The third-order valence-electron chi connectivity index (χ3n) is 3.71. The first-order chi connectivity index (χ1) is 8.84. The number of allylic oxidation sites excluding steroid dienone is 2. The lowest BCUT2D eigenvalue weighted by Gasteiger charge is -2.31. The molecule has 0 amide bonds. The van der Waals surface area contributed by atoms with Crippen LogP contribution in [0.5, 0.6) is 0 Å². The first-order valence-electron chi connectivity index (χ1n) is 6.82. The van der Waals surface area contributed by atoms with Crippen LogP contribution in [0, 0.1) is 6.92 Å². The van der Waals surface area contributed by atoms with Crippen molar-refractivity contribution in [3.63, 3.8) is 0 Å². The second-order valence-corrected chi connectivity index (χ2v) is 13.2. The van der Waals surface area contributed by atoms with Crippen LogP contribution in [0.25, 0.3) is 0 Å². The van der Waals surface area contributed by atoms with E-state index < -0.39 is 8.07 Å². The van der Waals surface area contributed by atoms with Crippen molar-refractivity contribution in [1.82, 2.24) is 0 Å². The highest BCUT2D eigenvalue weighted by atomic mass is 32.2. The number of benzene rings is 1. The van der Waals surface area contributed by atoms with Gasteiger partial charge in [0.25, 0.3) is 0 Å². The Hall–Kier alpha value is -0.803. The Morgan fingerprint density at radius 1 is 1.11 bits per heavy atom. The van der Waals surface area contributed by atoms with Gasteiger partial charge < -0.3 is 0 Å². The Morgan fingerprint density at radius 2 is 1.74 bits per heavy atom. The van der Waals surface area contributed by atoms with Gasteiger partial charge in [0.2, 0.25) is 0 Å². The van der Waals surface area contributed by atoms with Gasteiger partial charge in [0.15, 0.2) is 5.78 Å². The highest BCUT2D eigenvalue weighted by Gasteiger charge is 2.31. The molecule has 0 saturated carbocycles. The molecule has 0 radical (unpaired) electrons. The summed E-state index contributed by atoms with van der Waals surface area (Å²) in [7, 11) is -1.24. The molecule has 0 heterocycles. The highest BCUT2D eigenvalue weighted by Crippen LogP contribution is 2.41. The van der Waals surface area contributed by atoms with Crippen LogP contribution in [0.1, 0.15) is 18.4 Å². The van der Waals surface area contributed by atoms with E-state index in [0.29, 0.717) is 11.3 Å². The second-order valence-electron chi connectivity index (χ2n) is 6.46. The molecule has 0 aliphatic heterocycles. The van der Waals surface area contributed by atoms with Crippen molar-refractivity contribution in [3.05, 3.63) is 40.8 Å². The quantitative estimate of drug-likeness (QED) is 0.725. The summed E-state index contributed by atoms with van der Waals surface area (Å²) in [6.45, 7) is 9.19. The van der Waals surface area contributed by atoms with Gasteiger partial charge in [0.1, 0.15) is 0 Å². The van der Waals surface area contributed by atoms with E-state index in [9.17, 15) is 4.79 Å². The minimum absolute atomic E-state index is 0.313. The molecule has 0 bridgehead atoms. The van der Waals surface area contributed by atoms with Crippen LogP contribution in [-0.4, -0.2) is 13.9 Å². The maximum atomic E-state index is 11.9. The topological polar surface area (TPSA) is 17.1 Å². The minimum Gasteiger partial charge on any atom is -0.295 e. The van der Waals surface area contributed by atoms with E-state index in [-0.39, 0.29) is 0 Å². The van der Waals surface area contributed by atoms with Gasteiger partial charge in [-0.05, 0) is 42.0 Å². The summed E-state index contributed by atoms with van der Waals surface area (Å²) in [6.07, 6.45) is 3.70. The van der Waals surface area contributed by atoms with E-state index in [4.69, 9.17) is 0 Å². The molecule has 3 heteroatoms. The first kappa shape index (κ1) is 14.6. The highest BCUT2D eigenvalue weighted by molar-refractivity contribution is 8.03. The summed E-state index contributed by atoms with van der Waals surface area (Å²) >= 11 is 1.76. The zero-order valence-electron chi connectivity index (χ0n) is 12.2. The fraction of sp³-hybridized carbons (Fsp3) is 0.438. The molecule has 102 valence electrons. The van der Waals surface area contributed by atoms with Crippen LogP contribution < -0.4 is 0 Å². The van der Waals surface area contributed by atoms with Crippen molar-refractivity contribution < 1.29 is 4.79 Å². The van der Waals surface area contributed by atoms with E-state index in [1.165, 1.54) is 15.4 Å². The molecule has 0 saturated heterocycles. The van der Waals surface area contributed by atoms with Crippen molar-refractivity contribution in [1.29, 1.82) is 0 Å². The molecule has 1 nitrogen and oxygen atoms in total. The molecule has 0 aromatic heterocycles. The maximum absolute atomic E-state index is 11.9. The summed E-state index contributed by atoms with van der Waals surface area (Å²) < 4.78 is 0. The molecule has 1 aromatic carbocycles. The van der Waals surface area contributed by atoms with Crippen molar-refractivity contribution in [2.45, 2.75) is 49.8 Å². The lowest BCUT2D eigenvalue weighted by molar-refractivity contribution is -0.115. The van der Waals surface area contributed by atoms with Gasteiger partial charge in [-0.2, -0.15) is 0 Å². The van der Waals surface area contributed by atoms with Gasteiger partial charge in [-0.25, -0.2) is 0 Å². The molecular weight excluding hydrogens is 268 g/mol. The Labute approximate surface area is 121 Å². The van der Waals surface area contributed by atoms with Crippen molar-refractivity contribution in [2.75, 3.05) is 0 Å². The third kappa shape index (κ3) is 4.08. The van der Waals surface area contributed by atoms with Gasteiger partial charge >= 0.3 is 0 Å². The summed E-state index contributed by atoms with van der Waals surface area (Å²) in [5.74, 6) is 0.313. The Kier molecular flexibility index (Phi) is 4.36. The number of thioether (sulfide) groups is 1. The molecule has 0 fully saturated rings. The number of hydrogen-bond donors (Lipinski definition) is 0. The fourth-order valence-electron chi connectivity index (χ4n) is 2.30.